The topological polar surface area (TPSA) is 160 Å². The maximum atomic E-state index is 13.6. The first-order chi connectivity index (χ1) is 22.0. The van der Waals surface area contributed by atoms with Crippen molar-refractivity contribution in [1.29, 1.82) is 0 Å². The summed E-state index contributed by atoms with van der Waals surface area (Å²) in [6.07, 6.45) is 9.21. The van der Waals surface area contributed by atoms with Gasteiger partial charge in [0.15, 0.2) is 5.88 Å². The van der Waals surface area contributed by atoms with E-state index in [1.807, 2.05) is 60.4 Å². The molecule has 11 nitrogen and oxygen atoms in total. The molecule has 250 valence electrons. The third-order valence-electron chi connectivity index (χ3n) is 8.27. The van der Waals surface area contributed by atoms with Gasteiger partial charge in [0.25, 0.3) is 5.91 Å². The van der Waals surface area contributed by atoms with E-state index in [2.05, 4.69) is 18.9 Å². The molecule has 0 aromatic heterocycles. The van der Waals surface area contributed by atoms with E-state index in [4.69, 9.17) is 4.74 Å². The summed E-state index contributed by atoms with van der Waals surface area (Å²) in [7, 11) is -8.96. The largest absolute Gasteiger partial charge is 1.00 e. The number of aryl methyl sites for hydroxylation is 1. The summed E-state index contributed by atoms with van der Waals surface area (Å²) < 4.78 is 73.8. The normalized spacial score (nSPS) is 21.7. The zero-order valence-corrected chi connectivity index (χ0v) is 34.3. The van der Waals surface area contributed by atoms with E-state index < -0.39 is 26.0 Å². The summed E-state index contributed by atoms with van der Waals surface area (Å²) in [6, 6.07) is 13.0. The molecule has 2 heterocycles. The van der Waals surface area contributed by atoms with Crippen LogP contribution < -0.4 is 64.1 Å². The molecule has 1 aliphatic carbocycles. The van der Waals surface area contributed by atoms with Crippen LogP contribution in [-0.2, 0) is 29.8 Å². The maximum absolute atomic E-state index is 13.6. The number of benzene rings is 2. The Labute approximate surface area is 332 Å². The van der Waals surface area contributed by atoms with Crippen molar-refractivity contribution in [3.05, 3.63) is 107 Å². The number of carbonyl (C=O) groups excluding carboxylic acids is 1. The molecule has 0 bridgehead atoms. The Kier molecular flexibility index (Phi) is 14.0. The predicted molar refractivity (Wildman–Crippen MR) is 176 cm³/mol. The van der Waals surface area contributed by atoms with Gasteiger partial charge in [0.1, 0.15) is 16.7 Å². The molecule has 3 aliphatic rings. The molecule has 0 N–H and O–H groups in total. The molecule has 2 aromatic rings. The van der Waals surface area contributed by atoms with Gasteiger partial charge >= 0.3 is 59.1 Å². The zero-order valence-electron chi connectivity index (χ0n) is 28.7. The summed E-state index contributed by atoms with van der Waals surface area (Å²) in [4.78, 5) is 15.2. The third-order valence-corrected chi connectivity index (χ3v) is 9.91. The molecule has 1 amide bonds. The van der Waals surface area contributed by atoms with Crippen molar-refractivity contribution in [3.63, 3.8) is 0 Å². The van der Waals surface area contributed by atoms with Crippen LogP contribution in [0.2, 0.25) is 0 Å². The number of hydrazone groups is 1. The van der Waals surface area contributed by atoms with Gasteiger partial charge in [0, 0.05) is 12.3 Å². The molecule has 1 atom stereocenters. The minimum absolute atomic E-state index is 0. The van der Waals surface area contributed by atoms with Gasteiger partial charge in [-0.1, -0.05) is 61.9 Å². The van der Waals surface area contributed by atoms with Gasteiger partial charge in [0.2, 0.25) is 0 Å². The van der Waals surface area contributed by atoms with Crippen LogP contribution in [0.4, 0.5) is 5.69 Å². The van der Waals surface area contributed by atoms with E-state index in [1.165, 1.54) is 17.1 Å². The number of carbonyl (C=O) groups is 1. The number of anilines is 1. The van der Waals surface area contributed by atoms with E-state index >= 15 is 0 Å². The summed E-state index contributed by atoms with van der Waals surface area (Å²) in [5.41, 5.74) is 5.15. The summed E-state index contributed by atoms with van der Waals surface area (Å²) >= 11 is 0. The second-order valence-electron chi connectivity index (χ2n) is 12.8. The van der Waals surface area contributed by atoms with E-state index in [0.717, 1.165) is 40.8 Å². The van der Waals surface area contributed by atoms with E-state index in [9.17, 15) is 30.7 Å². The quantitative estimate of drug-likeness (QED) is 0.181. The Hall–Kier alpha value is -2.04. The summed E-state index contributed by atoms with van der Waals surface area (Å²) in [5, 5.41) is 5.65. The third kappa shape index (κ3) is 10.5. The van der Waals surface area contributed by atoms with Crippen LogP contribution >= 0.6 is 0 Å². The molecule has 0 saturated carbocycles. The van der Waals surface area contributed by atoms with E-state index in [0.29, 0.717) is 42.4 Å². The Morgan fingerprint density at radius 2 is 1.63 bits per heavy atom. The van der Waals surface area contributed by atoms with Crippen molar-refractivity contribution in [2.45, 2.75) is 57.9 Å². The molecule has 49 heavy (non-hydrogen) atoms. The van der Waals surface area contributed by atoms with Crippen molar-refractivity contribution < 1.29 is 94.6 Å². The minimum Gasteiger partial charge on any atom is -0.748 e. The molecule has 0 radical (unpaired) electrons. The van der Waals surface area contributed by atoms with Crippen LogP contribution in [0, 0.1) is 12.3 Å². The SMILES string of the molecule is CC1=NN(c2ccc(S(=O)(=O)[O-])cc2)C(=O)C1=C1C=C(C=CC=C2OCC(c3ccc(C)cc3)N2CCCS(=O)(=O)[O-])CC(C)(C)C1.[Na+].[Na+]. The fraction of sp³-hybridized carbons (Fsp3) is 0.353. The Bertz CT molecular complexity index is 1930. The van der Waals surface area contributed by atoms with Crippen LogP contribution in [-0.4, -0.2) is 61.4 Å². The first-order valence-corrected chi connectivity index (χ1v) is 18.2. The Morgan fingerprint density at radius 1 is 0.980 bits per heavy atom. The minimum atomic E-state index is -4.62. The summed E-state index contributed by atoms with van der Waals surface area (Å²) in [6.45, 7) is 8.71. The van der Waals surface area contributed by atoms with Crippen LogP contribution in [0.1, 0.15) is 57.2 Å². The van der Waals surface area contributed by atoms with Crippen LogP contribution in [0.5, 0.6) is 0 Å². The van der Waals surface area contributed by atoms with Gasteiger partial charge < -0.3 is 18.7 Å². The second-order valence-corrected chi connectivity index (χ2v) is 15.7. The van der Waals surface area contributed by atoms with E-state index in [-0.39, 0.29) is 87.8 Å². The van der Waals surface area contributed by atoms with Crippen molar-refractivity contribution in [3.8, 4) is 0 Å². The van der Waals surface area contributed by atoms with Crippen molar-refractivity contribution >= 4 is 37.5 Å². The van der Waals surface area contributed by atoms with Crippen LogP contribution in [0.15, 0.2) is 105 Å². The molecule has 15 heteroatoms. The Morgan fingerprint density at radius 3 is 2.24 bits per heavy atom. The molecule has 1 fully saturated rings. The predicted octanol–water partition coefficient (Wildman–Crippen LogP) is -0.921. The van der Waals surface area contributed by atoms with Crippen molar-refractivity contribution in [2.75, 3.05) is 23.9 Å². The number of hydrogen-bond donors (Lipinski definition) is 0. The average Bonchev–Trinajstić information content (AvgIpc) is 3.50. The van der Waals surface area contributed by atoms with E-state index in [1.54, 1.807) is 6.92 Å². The molecule has 1 unspecified atom stereocenters. The molecule has 2 aliphatic heterocycles. The number of rotatable bonds is 9. The van der Waals surface area contributed by atoms with Gasteiger partial charge in [-0.3, -0.25) is 4.79 Å². The molecule has 5 rings (SSSR count). The molecule has 1 saturated heterocycles. The van der Waals surface area contributed by atoms with Crippen molar-refractivity contribution in [2.24, 2.45) is 10.5 Å². The Balaban J connectivity index is 0.00000325. The first kappa shape index (κ1) is 41.4. The maximum Gasteiger partial charge on any atom is 1.00 e. The molecular weight excluding hydrogens is 689 g/mol. The number of allylic oxidation sites excluding steroid dienone is 6. The van der Waals surface area contributed by atoms with Gasteiger partial charge in [-0.25, -0.2) is 16.8 Å². The number of ether oxygens (including phenoxy) is 1. The second kappa shape index (κ2) is 16.5. The van der Waals surface area contributed by atoms with Crippen molar-refractivity contribution in [1.82, 2.24) is 4.90 Å². The summed E-state index contributed by atoms with van der Waals surface area (Å²) in [5.74, 6) is -0.226. The fourth-order valence-corrected chi connectivity index (χ4v) is 7.11. The molecule has 2 aromatic carbocycles. The molecule has 0 spiro atoms. The zero-order chi connectivity index (χ0) is 34.1. The monoisotopic (exact) mass is 725 g/mol. The van der Waals surface area contributed by atoms with Gasteiger partial charge in [0.05, 0.1) is 38.0 Å². The molecular formula is C34H37N3Na2O8S2. The number of hydrogen-bond acceptors (Lipinski definition) is 10. The van der Waals surface area contributed by atoms with Crippen LogP contribution in [0.3, 0.4) is 0 Å². The number of amides is 1. The number of nitrogens with zero attached hydrogens (tertiary/aromatic N) is 3. The standard InChI is InChI=1S/C34H39N3O8S2.2Na/c1-23-9-11-26(12-10-23)30-22-45-31(36(30)17-6-18-46(39,40)41)8-5-7-25-19-27(21-34(3,4)20-25)32-24(2)35-37(33(32)38)28-13-15-29(16-14-28)47(42,43)44;;/h5,7-16,19,30H,6,17-18,20-22H2,1-4H3,(H,39,40,41)(H,42,43,44);;/q;2*+1/p-2. The van der Waals surface area contributed by atoms with Gasteiger partial charge in [-0.15, -0.1) is 0 Å². The average molecular weight is 726 g/mol. The fourth-order valence-electron chi connectivity index (χ4n) is 6.16. The van der Waals surface area contributed by atoms with Gasteiger partial charge in [-0.2, -0.15) is 10.1 Å². The first-order valence-electron chi connectivity index (χ1n) is 15.2. The van der Waals surface area contributed by atoms with Crippen LogP contribution in [0.25, 0.3) is 0 Å². The smallest absolute Gasteiger partial charge is 0.748 e. The van der Waals surface area contributed by atoms with Gasteiger partial charge in [-0.05, 0) is 85.6 Å².